The Morgan fingerprint density at radius 2 is 1.79 bits per heavy atom. The molecule has 1 fully saturated rings. The maximum Gasteiger partial charge on any atom is 0.453 e. The minimum Gasteiger partial charge on any atom is -0.354 e. The fourth-order valence-corrected chi connectivity index (χ4v) is 4.31. The van der Waals surface area contributed by atoms with E-state index in [-0.39, 0.29) is 18.5 Å². The van der Waals surface area contributed by atoms with Crippen molar-refractivity contribution < 1.29 is 17.9 Å². The molecule has 182 valence electrons. The van der Waals surface area contributed by atoms with E-state index < -0.39 is 23.8 Å². The van der Waals surface area contributed by atoms with Crippen LogP contribution in [0.25, 0.3) is 0 Å². The van der Waals surface area contributed by atoms with Crippen molar-refractivity contribution in [1.82, 2.24) is 30.8 Å². The molecule has 4 rings (SSSR count). The lowest BCUT2D eigenvalue weighted by Gasteiger charge is -2.48. The Hall–Kier alpha value is -2.82. The van der Waals surface area contributed by atoms with Gasteiger partial charge in [-0.2, -0.15) is 13.2 Å². The Balaban J connectivity index is 1.69. The minimum absolute atomic E-state index is 0.213. The second kappa shape index (κ2) is 10.2. The first-order valence-electron chi connectivity index (χ1n) is 11.4. The van der Waals surface area contributed by atoms with Gasteiger partial charge in [-0.05, 0) is 28.3 Å². The number of ether oxygens (including phenoxy) is 1. The van der Waals surface area contributed by atoms with E-state index in [4.69, 9.17) is 4.74 Å². The molecule has 1 aliphatic heterocycles. The second-order valence-corrected chi connectivity index (χ2v) is 8.94. The fraction of sp³-hybridized carbons (Fsp3) is 0.458. The van der Waals surface area contributed by atoms with Gasteiger partial charge in [0.2, 0.25) is 0 Å². The Kier molecular flexibility index (Phi) is 7.30. The van der Waals surface area contributed by atoms with Gasteiger partial charge < -0.3 is 10.1 Å². The first-order valence-corrected chi connectivity index (χ1v) is 11.4. The van der Waals surface area contributed by atoms with Gasteiger partial charge >= 0.3 is 6.18 Å². The molecule has 1 unspecified atom stereocenters. The zero-order chi connectivity index (χ0) is 24.2. The van der Waals surface area contributed by atoms with Crippen molar-refractivity contribution in [2.24, 2.45) is 5.92 Å². The van der Waals surface area contributed by atoms with Gasteiger partial charge in [0, 0.05) is 18.7 Å². The molecule has 1 aromatic heterocycles. The summed E-state index contributed by atoms with van der Waals surface area (Å²) in [5.41, 5.74) is 1.05. The Labute approximate surface area is 196 Å². The van der Waals surface area contributed by atoms with Crippen molar-refractivity contribution in [3.05, 3.63) is 77.6 Å². The first kappa shape index (κ1) is 24.3. The van der Waals surface area contributed by atoms with E-state index in [0.717, 1.165) is 15.8 Å². The molecule has 0 amide bonds. The molecule has 0 radical (unpaired) electrons. The summed E-state index contributed by atoms with van der Waals surface area (Å²) in [6.07, 6.45) is -4.31. The van der Waals surface area contributed by atoms with Crippen molar-refractivity contribution in [2.75, 3.05) is 13.2 Å². The van der Waals surface area contributed by atoms with Crippen molar-refractivity contribution >= 4 is 0 Å². The summed E-state index contributed by atoms with van der Waals surface area (Å²) in [4.78, 5) is 0. The molecule has 10 heteroatoms. The molecule has 7 nitrogen and oxygen atoms in total. The number of nitrogens with one attached hydrogen (secondary N) is 2. The molecular weight excluding hydrogens is 445 g/mol. The number of tetrazole rings is 1. The Morgan fingerprint density at radius 3 is 2.44 bits per heavy atom. The molecule has 0 bridgehead atoms. The maximum absolute atomic E-state index is 13.5. The molecule has 1 saturated heterocycles. The van der Waals surface area contributed by atoms with Crippen molar-refractivity contribution in [3.63, 3.8) is 0 Å². The third-order valence-corrected chi connectivity index (χ3v) is 5.93. The number of piperidine rings is 1. The second-order valence-electron chi connectivity index (χ2n) is 8.94. The smallest absolute Gasteiger partial charge is 0.354 e. The molecular formula is C24H29F3N6O. The van der Waals surface area contributed by atoms with Crippen LogP contribution in [-0.4, -0.2) is 39.4 Å². The van der Waals surface area contributed by atoms with Crippen LogP contribution < -0.4 is 10.6 Å². The molecule has 2 heterocycles. The number of aromatic nitrogens is 4. The van der Waals surface area contributed by atoms with Crippen LogP contribution in [0, 0.1) is 5.92 Å². The molecule has 3 atom stereocenters. The minimum atomic E-state index is -4.64. The van der Waals surface area contributed by atoms with Crippen LogP contribution in [0.1, 0.15) is 43.3 Å². The third kappa shape index (κ3) is 5.29. The quantitative estimate of drug-likeness (QED) is 0.516. The van der Waals surface area contributed by atoms with E-state index in [1.807, 2.05) is 60.7 Å². The summed E-state index contributed by atoms with van der Waals surface area (Å²) in [6.45, 7) is 5.35. The van der Waals surface area contributed by atoms with Gasteiger partial charge in [0.05, 0.1) is 18.7 Å². The van der Waals surface area contributed by atoms with Gasteiger partial charge in [0.25, 0.3) is 5.82 Å². The first-order chi connectivity index (χ1) is 16.3. The van der Waals surface area contributed by atoms with Gasteiger partial charge in [0.1, 0.15) is 0 Å². The lowest BCUT2D eigenvalue weighted by molar-refractivity contribution is -0.152. The van der Waals surface area contributed by atoms with Crippen LogP contribution in [-0.2, 0) is 23.2 Å². The van der Waals surface area contributed by atoms with E-state index in [0.29, 0.717) is 19.6 Å². The fourth-order valence-electron chi connectivity index (χ4n) is 4.31. The van der Waals surface area contributed by atoms with Crippen molar-refractivity contribution in [1.29, 1.82) is 0 Å². The highest BCUT2D eigenvalue weighted by atomic mass is 19.4. The van der Waals surface area contributed by atoms with Gasteiger partial charge in [-0.25, -0.2) is 4.68 Å². The maximum atomic E-state index is 13.5. The van der Waals surface area contributed by atoms with Crippen LogP contribution in [0.2, 0.25) is 0 Å². The summed E-state index contributed by atoms with van der Waals surface area (Å²) in [5.74, 6) is -0.831. The van der Waals surface area contributed by atoms with Crippen LogP contribution >= 0.6 is 0 Å². The summed E-state index contributed by atoms with van der Waals surface area (Å²) < 4.78 is 47.9. The Morgan fingerprint density at radius 1 is 1.12 bits per heavy atom. The summed E-state index contributed by atoms with van der Waals surface area (Å²) >= 11 is 0. The summed E-state index contributed by atoms with van der Waals surface area (Å²) in [7, 11) is 0. The number of nitrogens with zero attached hydrogens (tertiary/aromatic N) is 4. The lowest BCUT2D eigenvalue weighted by atomic mass is 9.85. The number of rotatable bonds is 8. The van der Waals surface area contributed by atoms with E-state index >= 15 is 0 Å². The van der Waals surface area contributed by atoms with Crippen molar-refractivity contribution in [2.45, 2.75) is 50.8 Å². The van der Waals surface area contributed by atoms with Crippen molar-refractivity contribution in [3.8, 4) is 0 Å². The predicted molar refractivity (Wildman–Crippen MR) is 120 cm³/mol. The van der Waals surface area contributed by atoms with Gasteiger partial charge in [-0.15, -0.1) is 5.10 Å². The average Bonchev–Trinajstić information content (AvgIpc) is 3.34. The summed E-state index contributed by atoms with van der Waals surface area (Å²) in [6, 6.07) is 18.6. The highest BCUT2D eigenvalue weighted by Gasteiger charge is 2.48. The largest absolute Gasteiger partial charge is 0.453 e. The predicted octanol–water partition coefficient (Wildman–Crippen LogP) is 3.91. The molecule has 0 spiro atoms. The molecule has 1 aliphatic rings. The van der Waals surface area contributed by atoms with Gasteiger partial charge in [0.15, 0.2) is 5.72 Å². The zero-order valence-corrected chi connectivity index (χ0v) is 19.2. The van der Waals surface area contributed by atoms with E-state index in [2.05, 4.69) is 40.0 Å². The topological polar surface area (TPSA) is 76.9 Å². The third-order valence-electron chi connectivity index (χ3n) is 5.93. The van der Waals surface area contributed by atoms with Crippen LogP contribution in [0.5, 0.6) is 0 Å². The number of hydrogen-bond donors (Lipinski definition) is 2. The van der Waals surface area contributed by atoms with E-state index in [9.17, 15) is 13.2 Å². The number of benzene rings is 2. The molecule has 2 aromatic carbocycles. The standard InChI is InChI=1S/C24H29F3N6O/c1-17(2)16-34-23(19-11-7-4-8-12-19)21(28-14-18-9-5-3-6-10-18)13-20(15-29-23)33-22(24(25,26)27)30-31-32-33/h3-12,17,20-21,28-29H,13-16H2,1-2H3/t20?,21-,23-/m0/s1. The molecule has 34 heavy (non-hydrogen) atoms. The van der Waals surface area contributed by atoms with Gasteiger partial charge in [-0.1, -0.05) is 74.5 Å². The Bertz CT molecular complexity index is 1040. The number of halogens is 3. The average molecular weight is 475 g/mol. The normalized spacial score (nSPS) is 23.4. The van der Waals surface area contributed by atoms with Gasteiger partial charge in [-0.3, -0.25) is 5.32 Å². The van der Waals surface area contributed by atoms with Crippen LogP contribution in [0.3, 0.4) is 0 Å². The van der Waals surface area contributed by atoms with E-state index in [1.165, 1.54) is 0 Å². The molecule has 0 saturated carbocycles. The number of hydrogen-bond acceptors (Lipinski definition) is 6. The highest BCUT2D eigenvalue weighted by molar-refractivity contribution is 5.26. The lowest BCUT2D eigenvalue weighted by Crippen LogP contribution is -2.64. The van der Waals surface area contributed by atoms with Crippen LogP contribution in [0.15, 0.2) is 60.7 Å². The molecule has 0 aliphatic carbocycles. The van der Waals surface area contributed by atoms with E-state index in [1.54, 1.807) is 0 Å². The van der Waals surface area contributed by atoms with Crippen LogP contribution in [0.4, 0.5) is 13.2 Å². The monoisotopic (exact) mass is 474 g/mol. The zero-order valence-electron chi connectivity index (χ0n) is 19.2. The number of alkyl halides is 3. The highest BCUT2D eigenvalue weighted by Crippen LogP contribution is 2.38. The molecule has 2 N–H and O–H groups in total. The summed E-state index contributed by atoms with van der Waals surface area (Å²) in [5, 5.41) is 17.2. The molecule has 3 aromatic rings. The SMILES string of the molecule is CC(C)CO[C@]1(c2ccccc2)NCC(n2nnnc2C(F)(F)F)C[C@@H]1NCc1ccccc1.